The number of hydrogen-bond acceptors (Lipinski definition) is 4. The first-order valence-corrected chi connectivity index (χ1v) is 8.21. The number of nitrogens with zero attached hydrogens (tertiary/aromatic N) is 1. The van der Waals surface area contributed by atoms with Gasteiger partial charge in [0.25, 0.3) is 0 Å². The van der Waals surface area contributed by atoms with E-state index in [0.717, 1.165) is 30.7 Å². The molecule has 0 aromatic heterocycles. The molecule has 3 aliphatic rings. The van der Waals surface area contributed by atoms with E-state index in [9.17, 15) is 10.2 Å². The van der Waals surface area contributed by atoms with Crippen molar-refractivity contribution in [3.05, 3.63) is 34.7 Å². The number of phenolic OH excluding ortho intramolecular Hbond substituents is 2. The molecule has 0 saturated carbocycles. The lowest BCUT2D eigenvalue weighted by Crippen LogP contribution is -2.59. The minimum Gasteiger partial charge on any atom is -0.504 e. The minimum atomic E-state index is -0.00694. The summed E-state index contributed by atoms with van der Waals surface area (Å²) in [5, 5.41) is 22.6. The first-order chi connectivity index (χ1) is 9.63. The van der Waals surface area contributed by atoms with Gasteiger partial charge in [-0.15, -0.1) is 11.8 Å². The van der Waals surface area contributed by atoms with E-state index in [1.54, 1.807) is 6.07 Å². The van der Waals surface area contributed by atoms with Crippen LogP contribution in [0.3, 0.4) is 0 Å². The van der Waals surface area contributed by atoms with Gasteiger partial charge in [0.15, 0.2) is 11.5 Å². The number of likely N-dealkylation sites (N-methyl/N-ethyl adjacent to an activating group) is 1. The van der Waals surface area contributed by atoms with Crippen LogP contribution in [-0.2, 0) is 11.8 Å². The lowest BCUT2D eigenvalue weighted by Gasteiger charge is -2.56. The number of fused-ring (bicyclic) bond motifs is 1. The Balaban J connectivity index is 1.99. The van der Waals surface area contributed by atoms with Crippen LogP contribution < -0.4 is 0 Å². The molecule has 1 saturated heterocycles. The Morgan fingerprint density at radius 2 is 2.20 bits per heavy atom. The van der Waals surface area contributed by atoms with Crippen LogP contribution in [0.5, 0.6) is 11.5 Å². The zero-order chi connectivity index (χ0) is 13.9. The number of likely N-dealkylation sites (tertiary alicyclic amines) is 1. The SMILES string of the molecule is CN1CC[C@]23CSC=C[C@H]2[C@H]1Cc1ccc(O)c(O)c13. The fourth-order valence-corrected chi connectivity index (χ4v) is 5.54. The molecular weight excluding hydrogens is 270 g/mol. The number of aromatic hydroxyl groups is 2. The second-order valence-electron chi connectivity index (χ2n) is 6.29. The van der Waals surface area contributed by atoms with Gasteiger partial charge in [-0.2, -0.15) is 0 Å². The Morgan fingerprint density at radius 1 is 1.35 bits per heavy atom. The molecule has 1 aromatic carbocycles. The number of hydrogen-bond donors (Lipinski definition) is 2. The van der Waals surface area contributed by atoms with Crippen molar-refractivity contribution in [3.8, 4) is 11.5 Å². The van der Waals surface area contributed by atoms with Crippen molar-refractivity contribution in [2.45, 2.75) is 24.3 Å². The second-order valence-corrected chi connectivity index (χ2v) is 7.19. The zero-order valence-corrected chi connectivity index (χ0v) is 12.4. The minimum absolute atomic E-state index is 0.00694. The van der Waals surface area contributed by atoms with Crippen molar-refractivity contribution in [2.75, 3.05) is 19.3 Å². The van der Waals surface area contributed by atoms with E-state index < -0.39 is 0 Å². The Kier molecular flexibility index (Phi) is 2.63. The van der Waals surface area contributed by atoms with Crippen LogP contribution in [0, 0.1) is 5.92 Å². The maximum Gasteiger partial charge on any atom is 0.161 e. The smallest absolute Gasteiger partial charge is 0.161 e. The molecule has 1 aliphatic carbocycles. The highest BCUT2D eigenvalue weighted by molar-refractivity contribution is 8.02. The van der Waals surface area contributed by atoms with Gasteiger partial charge in [0.05, 0.1) is 0 Å². The third-order valence-electron chi connectivity index (χ3n) is 5.42. The molecule has 2 N–H and O–H groups in total. The summed E-state index contributed by atoms with van der Waals surface area (Å²) in [6, 6.07) is 4.14. The zero-order valence-electron chi connectivity index (χ0n) is 11.5. The van der Waals surface area contributed by atoms with Gasteiger partial charge in [-0.1, -0.05) is 12.1 Å². The van der Waals surface area contributed by atoms with Crippen LogP contribution in [-0.4, -0.2) is 40.5 Å². The van der Waals surface area contributed by atoms with Crippen LogP contribution >= 0.6 is 11.8 Å². The number of benzene rings is 1. The van der Waals surface area contributed by atoms with Gasteiger partial charge in [-0.25, -0.2) is 0 Å². The Bertz CT molecular complexity index is 600. The third-order valence-corrected chi connectivity index (χ3v) is 6.45. The van der Waals surface area contributed by atoms with E-state index in [1.807, 2.05) is 17.8 Å². The van der Waals surface area contributed by atoms with Crippen molar-refractivity contribution in [3.63, 3.8) is 0 Å². The second kappa shape index (κ2) is 4.18. The predicted octanol–water partition coefficient (Wildman–Crippen LogP) is 2.47. The highest BCUT2D eigenvalue weighted by Crippen LogP contribution is 2.56. The summed E-state index contributed by atoms with van der Waals surface area (Å²) in [6.45, 7) is 1.06. The molecule has 2 bridgehead atoms. The molecular formula is C16H19NO2S. The molecule has 2 aliphatic heterocycles. The quantitative estimate of drug-likeness (QED) is 0.720. The van der Waals surface area contributed by atoms with Crippen LogP contribution in [0.25, 0.3) is 0 Å². The van der Waals surface area contributed by atoms with E-state index in [4.69, 9.17) is 0 Å². The van der Waals surface area contributed by atoms with Crippen LogP contribution in [0.15, 0.2) is 23.6 Å². The highest BCUT2D eigenvalue weighted by Gasteiger charge is 2.53. The van der Waals surface area contributed by atoms with Crippen molar-refractivity contribution in [2.24, 2.45) is 5.92 Å². The molecule has 1 aromatic rings. The average molecular weight is 289 g/mol. The largest absolute Gasteiger partial charge is 0.504 e. The van der Waals surface area contributed by atoms with E-state index >= 15 is 0 Å². The van der Waals surface area contributed by atoms with Gasteiger partial charge in [0, 0.05) is 28.7 Å². The van der Waals surface area contributed by atoms with Gasteiger partial charge < -0.3 is 15.1 Å². The van der Waals surface area contributed by atoms with Crippen LogP contribution in [0.4, 0.5) is 0 Å². The number of thioether (sulfide) groups is 1. The first kappa shape index (κ1) is 12.6. The molecule has 3 nitrogen and oxygen atoms in total. The number of piperidine rings is 1. The van der Waals surface area contributed by atoms with Gasteiger partial charge in [-0.05, 0) is 43.5 Å². The molecule has 0 amide bonds. The summed E-state index contributed by atoms with van der Waals surface area (Å²) in [6.07, 6.45) is 4.33. The first-order valence-electron chi connectivity index (χ1n) is 7.16. The standard InChI is InChI=1S/C16H19NO2S/c1-17-6-5-16-9-20-7-4-11(16)12(17)8-10-2-3-13(18)15(19)14(10)16/h2-4,7,11-12,18-19H,5-6,8-9H2,1H3/t11-,12+,16-/m0/s1. The lowest BCUT2D eigenvalue weighted by molar-refractivity contribution is 0.0664. The van der Waals surface area contributed by atoms with Crippen molar-refractivity contribution in [1.29, 1.82) is 0 Å². The lowest BCUT2D eigenvalue weighted by atomic mass is 9.58. The van der Waals surface area contributed by atoms with Gasteiger partial charge >= 0.3 is 0 Å². The fourth-order valence-electron chi connectivity index (χ4n) is 4.39. The van der Waals surface area contributed by atoms with Gasteiger partial charge in [0.2, 0.25) is 0 Å². The molecule has 0 radical (unpaired) electrons. The number of phenols is 2. The predicted molar refractivity (Wildman–Crippen MR) is 81.3 cm³/mol. The van der Waals surface area contributed by atoms with Crippen molar-refractivity contribution in [1.82, 2.24) is 4.90 Å². The summed E-state index contributed by atoms with van der Waals surface area (Å²) in [5.41, 5.74) is 2.22. The number of rotatable bonds is 0. The van der Waals surface area contributed by atoms with E-state index in [-0.39, 0.29) is 16.9 Å². The Hall–Kier alpha value is -1.13. The molecule has 0 unspecified atom stereocenters. The highest BCUT2D eigenvalue weighted by atomic mass is 32.2. The molecule has 0 spiro atoms. The van der Waals surface area contributed by atoms with Crippen LogP contribution in [0.2, 0.25) is 0 Å². The Morgan fingerprint density at radius 3 is 3.05 bits per heavy atom. The average Bonchev–Trinajstić information content (AvgIpc) is 2.46. The summed E-state index contributed by atoms with van der Waals surface area (Å²) in [5.74, 6) is 1.59. The Labute approximate surface area is 123 Å². The molecule has 20 heavy (non-hydrogen) atoms. The molecule has 3 atom stereocenters. The maximum absolute atomic E-state index is 10.5. The molecule has 4 rings (SSSR count). The summed E-state index contributed by atoms with van der Waals surface area (Å²) in [7, 11) is 2.20. The molecule has 106 valence electrons. The van der Waals surface area contributed by atoms with E-state index in [1.165, 1.54) is 5.56 Å². The van der Waals surface area contributed by atoms with Crippen LogP contribution in [0.1, 0.15) is 17.5 Å². The maximum atomic E-state index is 10.5. The van der Waals surface area contributed by atoms with Gasteiger partial charge in [0.1, 0.15) is 0 Å². The summed E-state index contributed by atoms with van der Waals surface area (Å²) in [4.78, 5) is 2.45. The molecule has 2 heterocycles. The normalized spacial score (nSPS) is 35.5. The fraction of sp³-hybridized carbons (Fsp3) is 0.500. The van der Waals surface area contributed by atoms with Crippen molar-refractivity contribution >= 4 is 11.8 Å². The van der Waals surface area contributed by atoms with Crippen molar-refractivity contribution < 1.29 is 10.2 Å². The third kappa shape index (κ3) is 1.46. The van der Waals surface area contributed by atoms with E-state index in [2.05, 4.69) is 23.4 Å². The molecule has 1 fully saturated rings. The van der Waals surface area contributed by atoms with E-state index in [0.29, 0.717) is 12.0 Å². The molecule has 4 heteroatoms. The summed E-state index contributed by atoms with van der Waals surface area (Å²) >= 11 is 1.83. The summed E-state index contributed by atoms with van der Waals surface area (Å²) < 4.78 is 0. The van der Waals surface area contributed by atoms with Gasteiger partial charge in [-0.3, -0.25) is 0 Å². The monoisotopic (exact) mass is 289 g/mol. The topological polar surface area (TPSA) is 43.7 Å².